The van der Waals surface area contributed by atoms with E-state index >= 15 is 0 Å². The second-order valence-corrected chi connectivity index (χ2v) is 9.46. The molecule has 2 aromatic rings. The molecule has 3 rings (SSSR count). The number of carboxylic acid groups (broad SMARTS) is 1. The molecule has 1 aromatic carbocycles. The van der Waals surface area contributed by atoms with E-state index in [4.69, 9.17) is 0 Å². The van der Waals surface area contributed by atoms with E-state index in [0.717, 1.165) is 28.2 Å². The minimum atomic E-state index is -3.87. The van der Waals surface area contributed by atoms with Crippen LogP contribution in [-0.2, 0) is 29.4 Å². The summed E-state index contributed by atoms with van der Waals surface area (Å²) in [4.78, 5) is 12.5. The maximum absolute atomic E-state index is 12.8. The number of aromatic carboxylic acids is 1. The van der Waals surface area contributed by atoms with Crippen LogP contribution in [0, 0.1) is 0 Å². The first kappa shape index (κ1) is 19.0. The Morgan fingerprint density at radius 2 is 2.08 bits per heavy atom. The summed E-state index contributed by atoms with van der Waals surface area (Å²) in [6, 6.07) is 9.56. The van der Waals surface area contributed by atoms with Crippen molar-refractivity contribution in [3.05, 3.63) is 51.9 Å². The Morgan fingerprint density at radius 3 is 2.77 bits per heavy atom. The Hall–Kier alpha value is -1.74. The number of nitrogens with one attached hydrogen (secondary N) is 2. The Labute approximate surface area is 157 Å². The summed E-state index contributed by atoms with van der Waals surface area (Å²) in [5.41, 5.74) is 1.73. The lowest BCUT2D eigenvalue weighted by Gasteiger charge is -2.14. The van der Waals surface area contributed by atoms with Crippen molar-refractivity contribution >= 4 is 27.3 Å². The molecule has 0 bridgehead atoms. The molecule has 0 radical (unpaired) electrons. The molecule has 2 heterocycles. The molecular weight excluding hydrogens is 372 g/mol. The van der Waals surface area contributed by atoms with Gasteiger partial charge in [0.15, 0.2) is 0 Å². The fraction of sp³-hybridized carbons (Fsp3) is 0.389. The van der Waals surface area contributed by atoms with Gasteiger partial charge in [0.25, 0.3) is 10.0 Å². The highest BCUT2D eigenvalue weighted by atomic mass is 32.2. The van der Waals surface area contributed by atoms with Crippen LogP contribution in [0.1, 0.15) is 39.7 Å². The highest BCUT2D eigenvalue weighted by Crippen LogP contribution is 2.34. The minimum absolute atomic E-state index is 0.0609. The van der Waals surface area contributed by atoms with Crippen molar-refractivity contribution in [1.29, 1.82) is 0 Å². The third-order valence-electron chi connectivity index (χ3n) is 4.42. The van der Waals surface area contributed by atoms with E-state index in [-0.39, 0.29) is 15.8 Å². The van der Waals surface area contributed by atoms with Crippen LogP contribution in [-0.4, -0.2) is 32.1 Å². The standard InChI is InChI=1S/C18H22N2O4S2/c1-12(7-8-13-5-3-2-4-6-13)20-26(23,24)18-16(17(21)22)14-9-10-19-11-15(14)25-18/h2-6,12,19-20H,7-11H2,1H3,(H,21,22)/t12-/m0/s1. The monoisotopic (exact) mass is 394 g/mol. The number of hydrogen-bond acceptors (Lipinski definition) is 5. The quantitative estimate of drug-likeness (QED) is 0.670. The van der Waals surface area contributed by atoms with E-state index in [1.165, 1.54) is 0 Å². The SMILES string of the molecule is C[C@@H](CCc1ccccc1)NS(=O)(=O)c1sc2c(c1C(=O)O)CCNC2. The molecule has 0 amide bonds. The number of thiophene rings is 1. The van der Waals surface area contributed by atoms with Crippen molar-refractivity contribution in [3.8, 4) is 0 Å². The van der Waals surface area contributed by atoms with Gasteiger partial charge in [-0.2, -0.15) is 0 Å². The molecular formula is C18H22N2O4S2. The van der Waals surface area contributed by atoms with Gasteiger partial charge in [-0.1, -0.05) is 30.3 Å². The van der Waals surface area contributed by atoms with Crippen LogP contribution in [0.15, 0.2) is 34.5 Å². The number of fused-ring (bicyclic) bond motifs is 1. The Balaban J connectivity index is 1.77. The first-order valence-corrected chi connectivity index (χ1v) is 10.8. The number of rotatable bonds is 7. The van der Waals surface area contributed by atoms with Crippen molar-refractivity contribution < 1.29 is 18.3 Å². The molecule has 0 aliphatic carbocycles. The van der Waals surface area contributed by atoms with E-state index in [2.05, 4.69) is 10.0 Å². The van der Waals surface area contributed by atoms with E-state index in [0.29, 0.717) is 31.5 Å². The van der Waals surface area contributed by atoms with Crippen LogP contribution < -0.4 is 10.0 Å². The normalized spacial score (nSPS) is 15.4. The lowest BCUT2D eigenvalue weighted by atomic mass is 10.1. The zero-order valence-corrected chi connectivity index (χ0v) is 16.1. The molecule has 0 saturated carbocycles. The predicted octanol–water partition coefficient (Wildman–Crippen LogP) is 2.39. The zero-order valence-electron chi connectivity index (χ0n) is 14.5. The number of benzene rings is 1. The van der Waals surface area contributed by atoms with Crippen molar-refractivity contribution in [2.45, 2.75) is 43.0 Å². The van der Waals surface area contributed by atoms with Crippen LogP contribution in [0.4, 0.5) is 0 Å². The van der Waals surface area contributed by atoms with Crippen LogP contribution in [0.5, 0.6) is 0 Å². The summed E-state index contributed by atoms with van der Waals surface area (Å²) in [6.45, 7) is 2.97. The van der Waals surface area contributed by atoms with Gasteiger partial charge in [-0.3, -0.25) is 0 Å². The average Bonchev–Trinajstić information content (AvgIpc) is 3.01. The van der Waals surface area contributed by atoms with Gasteiger partial charge in [-0.15, -0.1) is 11.3 Å². The first-order chi connectivity index (χ1) is 12.4. The molecule has 6 nitrogen and oxygen atoms in total. The highest BCUT2D eigenvalue weighted by Gasteiger charge is 2.32. The Kier molecular flexibility index (Phi) is 5.76. The molecule has 0 saturated heterocycles. The van der Waals surface area contributed by atoms with E-state index < -0.39 is 16.0 Å². The van der Waals surface area contributed by atoms with Crippen molar-refractivity contribution in [2.75, 3.05) is 6.54 Å². The minimum Gasteiger partial charge on any atom is -0.478 e. The lowest BCUT2D eigenvalue weighted by Crippen LogP contribution is -2.33. The van der Waals surface area contributed by atoms with Gasteiger partial charge >= 0.3 is 5.97 Å². The number of hydrogen-bond donors (Lipinski definition) is 3. The topological polar surface area (TPSA) is 95.5 Å². The van der Waals surface area contributed by atoms with E-state index in [1.807, 2.05) is 30.3 Å². The van der Waals surface area contributed by atoms with Gasteiger partial charge in [0.1, 0.15) is 4.21 Å². The summed E-state index contributed by atoms with van der Waals surface area (Å²) in [5, 5.41) is 12.7. The zero-order chi connectivity index (χ0) is 18.7. The predicted molar refractivity (Wildman–Crippen MR) is 101 cm³/mol. The lowest BCUT2D eigenvalue weighted by molar-refractivity contribution is 0.0692. The van der Waals surface area contributed by atoms with Gasteiger partial charge in [-0.05, 0) is 43.9 Å². The number of carbonyl (C=O) groups is 1. The van der Waals surface area contributed by atoms with Crippen molar-refractivity contribution in [1.82, 2.24) is 10.0 Å². The van der Waals surface area contributed by atoms with Crippen molar-refractivity contribution in [3.63, 3.8) is 0 Å². The largest absolute Gasteiger partial charge is 0.478 e. The molecule has 8 heteroatoms. The summed E-state index contributed by atoms with van der Waals surface area (Å²) < 4.78 is 28.2. The fourth-order valence-corrected chi connectivity index (χ4v) is 6.28. The van der Waals surface area contributed by atoms with Gasteiger partial charge in [0.05, 0.1) is 5.56 Å². The summed E-state index contributed by atoms with van der Waals surface area (Å²) in [7, 11) is -3.87. The highest BCUT2D eigenvalue weighted by molar-refractivity contribution is 7.91. The van der Waals surface area contributed by atoms with Crippen LogP contribution >= 0.6 is 11.3 Å². The third kappa shape index (κ3) is 4.15. The summed E-state index contributed by atoms with van der Waals surface area (Å²) >= 11 is 1.06. The molecule has 26 heavy (non-hydrogen) atoms. The van der Waals surface area contributed by atoms with Crippen LogP contribution in [0.2, 0.25) is 0 Å². The van der Waals surface area contributed by atoms with Crippen LogP contribution in [0.25, 0.3) is 0 Å². The Bertz CT molecular complexity index is 891. The summed E-state index contributed by atoms with van der Waals surface area (Å²) in [6.07, 6.45) is 1.92. The van der Waals surface area contributed by atoms with Gasteiger partial charge in [0, 0.05) is 17.5 Å². The molecule has 0 spiro atoms. The number of aryl methyl sites for hydroxylation is 1. The van der Waals surface area contributed by atoms with Crippen molar-refractivity contribution in [2.24, 2.45) is 0 Å². The fourth-order valence-electron chi connectivity index (χ4n) is 3.12. The van der Waals surface area contributed by atoms with E-state index in [1.54, 1.807) is 6.92 Å². The maximum atomic E-state index is 12.8. The van der Waals surface area contributed by atoms with Gasteiger partial charge in [0.2, 0.25) is 0 Å². The molecule has 1 atom stereocenters. The van der Waals surface area contributed by atoms with E-state index in [9.17, 15) is 18.3 Å². The second kappa shape index (κ2) is 7.87. The number of carboxylic acids is 1. The second-order valence-electron chi connectivity index (χ2n) is 6.44. The molecule has 1 aliphatic rings. The average molecular weight is 395 g/mol. The molecule has 140 valence electrons. The van der Waals surface area contributed by atoms with Gasteiger partial charge < -0.3 is 10.4 Å². The maximum Gasteiger partial charge on any atom is 0.338 e. The molecule has 1 aromatic heterocycles. The molecule has 0 unspecified atom stereocenters. The smallest absolute Gasteiger partial charge is 0.338 e. The molecule has 0 fully saturated rings. The first-order valence-electron chi connectivity index (χ1n) is 8.53. The number of sulfonamides is 1. The van der Waals surface area contributed by atoms with Crippen LogP contribution in [0.3, 0.4) is 0 Å². The van der Waals surface area contributed by atoms with Gasteiger partial charge in [-0.25, -0.2) is 17.9 Å². The molecule has 1 aliphatic heterocycles. The third-order valence-corrected chi connectivity index (χ3v) is 7.76. The Morgan fingerprint density at radius 1 is 1.35 bits per heavy atom. The summed E-state index contributed by atoms with van der Waals surface area (Å²) in [5.74, 6) is -1.18. The molecule has 3 N–H and O–H groups in total.